The first-order valence-corrected chi connectivity index (χ1v) is 11.0. The molecule has 0 aliphatic carbocycles. The van der Waals surface area contributed by atoms with Gasteiger partial charge in [-0.1, -0.05) is 56.1 Å². The van der Waals surface area contributed by atoms with Crippen LogP contribution < -0.4 is 10.0 Å². The second-order valence-corrected chi connectivity index (χ2v) is 8.29. The number of anilines is 2. The van der Waals surface area contributed by atoms with Gasteiger partial charge in [0.1, 0.15) is 0 Å². The molecule has 1 aromatic heterocycles. The number of benzene rings is 2. The molecule has 5 nitrogen and oxygen atoms in total. The lowest BCUT2D eigenvalue weighted by Gasteiger charge is -2.20. The number of carboxylic acids is 1. The van der Waals surface area contributed by atoms with Gasteiger partial charge in [-0.25, -0.2) is 4.98 Å². The van der Waals surface area contributed by atoms with Crippen LogP contribution in [0.4, 0.5) is 10.8 Å². The number of carbonyl (C=O) groups excluding carboxylic acids is 2. The van der Waals surface area contributed by atoms with Gasteiger partial charge in [0, 0.05) is 21.9 Å². The average Bonchev–Trinajstić information content (AvgIpc) is 3.17. The first-order valence-electron chi connectivity index (χ1n) is 9.84. The molecule has 0 spiro atoms. The van der Waals surface area contributed by atoms with Crippen molar-refractivity contribution in [1.29, 1.82) is 0 Å². The van der Waals surface area contributed by atoms with Gasteiger partial charge < -0.3 is 9.90 Å². The van der Waals surface area contributed by atoms with E-state index in [-0.39, 0.29) is 11.5 Å². The summed E-state index contributed by atoms with van der Waals surface area (Å²) in [5.41, 5.74) is 2.41. The molecule has 1 heterocycles. The molecule has 156 valence electrons. The van der Waals surface area contributed by atoms with Crippen molar-refractivity contribution in [3.05, 3.63) is 64.0 Å². The van der Waals surface area contributed by atoms with Crippen LogP contribution in [-0.2, 0) is 11.2 Å². The monoisotopic (exact) mass is 441 g/mol. The molecule has 1 amide bonds. The molecule has 0 bridgehead atoms. The SMILES string of the molecule is CCCCC(=O)N(c1ccc(C(=O)[O-])cc1)c1nc(-c2ccc(Cl)cc2)c(CC)s1. The highest BCUT2D eigenvalue weighted by Crippen LogP contribution is 2.37. The van der Waals surface area contributed by atoms with Crippen molar-refractivity contribution in [1.82, 2.24) is 4.98 Å². The molecule has 0 atom stereocenters. The Labute approximate surface area is 185 Å². The quantitative estimate of drug-likeness (QED) is 0.478. The number of aryl methyl sites for hydroxylation is 1. The smallest absolute Gasteiger partial charge is 0.233 e. The summed E-state index contributed by atoms with van der Waals surface area (Å²) in [5, 5.41) is 12.3. The molecule has 3 rings (SSSR count). The number of hydrogen-bond acceptors (Lipinski definition) is 5. The molecule has 3 aromatic rings. The van der Waals surface area contributed by atoms with Crippen LogP contribution in [0.15, 0.2) is 48.5 Å². The summed E-state index contributed by atoms with van der Waals surface area (Å²) in [6, 6.07) is 13.6. The number of carbonyl (C=O) groups is 2. The van der Waals surface area contributed by atoms with Crippen molar-refractivity contribution in [3.63, 3.8) is 0 Å². The lowest BCUT2D eigenvalue weighted by atomic mass is 10.1. The number of aromatic carboxylic acids is 1. The van der Waals surface area contributed by atoms with Crippen LogP contribution in [0.25, 0.3) is 11.3 Å². The zero-order valence-electron chi connectivity index (χ0n) is 16.9. The summed E-state index contributed by atoms with van der Waals surface area (Å²) < 4.78 is 0. The van der Waals surface area contributed by atoms with Crippen LogP contribution >= 0.6 is 22.9 Å². The molecule has 0 saturated carbocycles. The highest BCUT2D eigenvalue weighted by Gasteiger charge is 2.23. The summed E-state index contributed by atoms with van der Waals surface area (Å²) >= 11 is 7.48. The maximum Gasteiger partial charge on any atom is 0.233 e. The molecule has 0 N–H and O–H groups in total. The number of nitrogens with zero attached hydrogens (tertiary/aromatic N) is 2. The Bertz CT molecular complexity index is 1030. The first kappa shape index (κ1) is 22.0. The molecule has 30 heavy (non-hydrogen) atoms. The molecule has 0 fully saturated rings. The van der Waals surface area contributed by atoms with E-state index in [0.717, 1.165) is 35.4 Å². The number of halogens is 1. The van der Waals surface area contributed by atoms with Crippen LogP contribution in [0.3, 0.4) is 0 Å². The van der Waals surface area contributed by atoms with Gasteiger partial charge in [0.05, 0.1) is 17.4 Å². The molecule has 0 radical (unpaired) electrons. The zero-order valence-corrected chi connectivity index (χ0v) is 18.4. The third-order valence-corrected chi connectivity index (χ3v) is 6.11. The maximum atomic E-state index is 13.1. The fraction of sp³-hybridized carbons (Fsp3) is 0.261. The third-order valence-electron chi connectivity index (χ3n) is 4.67. The molecular weight excluding hydrogens is 420 g/mol. The molecule has 0 unspecified atom stereocenters. The predicted octanol–water partition coefficient (Wildman–Crippen LogP) is 5.24. The summed E-state index contributed by atoms with van der Waals surface area (Å²) in [6.07, 6.45) is 2.83. The van der Waals surface area contributed by atoms with Crippen molar-refractivity contribution in [2.45, 2.75) is 39.5 Å². The van der Waals surface area contributed by atoms with E-state index in [4.69, 9.17) is 16.6 Å². The highest BCUT2D eigenvalue weighted by atomic mass is 35.5. The Morgan fingerprint density at radius 1 is 1.07 bits per heavy atom. The fourth-order valence-electron chi connectivity index (χ4n) is 3.06. The normalized spacial score (nSPS) is 10.8. The van der Waals surface area contributed by atoms with Gasteiger partial charge in [-0.05, 0) is 42.7 Å². The zero-order chi connectivity index (χ0) is 21.7. The number of carboxylic acid groups (broad SMARTS) is 1. The summed E-state index contributed by atoms with van der Waals surface area (Å²) in [7, 11) is 0. The van der Waals surface area contributed by atoms with Gasteiger partial charge in [0.15, 0.2) is 5.13 Å². The molecule has 0 saturated heterocycles. The third kappa shape index (κ3) is 4.89. The average molecular weight is 442 g/mol. The second-order valence-electron chi connectivity index (χ2n) is 6.80. The molecule has 0 aliphatic rings. The molecule has 7 heteroatoms. The molecular formula is C23H22ClN2O3S-. The van der Waals surface area contributed by atoms with Crippen molar-refractivity contribution in [2.75, 3.05) is 4.90 Å². The van der Waals surface area contributed by atoms with Crippen LogP contribution in [0, 0.1) is 0 Å². The van der Waals surface area contributed by atoms with Crippen molar-refractivity contribution in [3.8, 4) is 11.3 Å². The molecule has 2 aromatic carbocycles. The maximum absolute atomic E-state index is 13.1. The Balaban J connectivity index is 2.05. The topological polar surface area (TPSA) is 73.3 Å². The van der Waals surface area contributed by atoms with E-state index in [1.165, 1.54) is 23.5 Å². The van der Waals surface area contributed by atoms with E-state index in [2.05, 4.69) is 6.92 Å². The van der Waals surface area contributed by atoms with Crippen LogP contribution in [0.1, 0.15) is 48.3 Å². The minimum absolute atomic E-state index is 0.0648. The van der Waals surface area contributed by atoms with Crippen LogP contribution in [0.5, 0.6) is 0 Å². The van der Waals surface area contributed by atoms with Crippen molar-refractivity contribution >= 4 is 45.6 Å². The van der Waals surface area contributed by atoms with E-state index in [9.17, 15) is 14.7 Å². The first-order chi connectivity index (χ1) is 14.4. The lowest BCUT2D eigenvalue weighted by molar-refractivity contribution is -0.255. The van der Waals surface area contributed by atoms with Crippen LogP contribution in [0.2, 0.25) is 5.02 Å². The molecule has 0 aliphatic heterocycles. The van der Waals surface area contributed by atoms with E-state index in [0.29, 0.717) is 22.3 Å². The highest BCUT2D eigenvalue weighted by molar-refractivity contribution is 7.16. The van der Waals surface area contributed by atoms with E-state index in [1.807, 2.05) is 31.2 Å². The second kappa shape index (κ2) is 9.87. The Kier molecular flexibility index (Phi) is 7.24. The summed E-state index contributed by atoms with van der Waals surface area (Å²) in [4.78, 5) is 31.6. The number of unbranched alkanes of at least 4 members (excludes halogenated alkanes) is 1. The Hall–Kier alpha value is -2.70. The van der Waals surface area contributed by atoms with Gasteiger partial charge in [-0.2, -0.15) is 0 Å². The standard InChI is InChI=1S/C23H23ClN2O3S/c1-3-5-6-20(27)26(18-13-9-16(10-14-18)22(28)29)23-25-21(19(4-2)30-23)15-7-11-17(24)12-8-15/h7-14H,3-6H2,1-2H3,(H,28,29)/p-1. The van der Waals surface area contributed by atoms with Gasteiger partial charge in [0.25, 0.3) is 0 Å². The van der Waals surface area contributed by atoms with Crippen molar-refractivity contribution in [2.24, 2.45) is 0 Å². The number of aromatic nitrogens is 1. The Morgan fingerprint density at radius 3 is 2.30 bits per heavy atom. The van der Waals surface area contributed by atoms with Gasteiger partial charge in [-0.3, -0.25) is 9.69 Å². The predicted molar refractivity (Wildman–Crippen MR) is 119 cm³/mol. The van der Waals surface area contributed by atoms with Crippen LogP contribution in [-0.4, -0.2) is 16.9 Å². The van der Waals surface area contributed by atoms with Gasteiger partial charge in [0.2, 0.25) is 5.91 Å². The summed E-state index contributed by atoms with van der Waals surface area (Å²) in [6.45, 7) is 4.08. The number of hydrogen-bond donors (Lipinski definition) is 0. The van der Waals surface area contributed by atoms with E-state index in [1.54, 1.807) is 17.0 Å². The van der Waals surface area contributed by atoms with Gasteiger partial charge >= 0.3 is 0 Å². The van der Waals surface area contributed by atoms with Crippen molar-refractivity contribution < 1.29 is 14.7 Å². The minimum Gasteiger partial charge on any atom is -0.545 e. The summed E-state index contributed by atoms with van der Waals surface area (Å²) in [5.74, 6) is -1.32. The lowest BCUT2D eigenvalue weighted by Crippen LogP contribution is -2.26. The number of thiazole rings is 1. The number of rotatable bonds is 8. The van der Waals surface area contributed by atoms with E-state index >= 15 is 0 Å². The fourth-order valence-corrected chi connectivity index (χ4v) is 4.24. The van der Waals surface area contributed by atoms with Gasteiger partial charge in [-0.15, -0.1) is 11.3 Å². The minimum atomic E-state index is -1.25. The van der Waals surface area contributed by atoms with E-state index < -0.39 is 5.97 Å². The Morgan fingerprint density at radius 2 is 1.73 bits per heavy atom. The number of amides is 1. The largest absolute Gasteiger partial charge is 0.545 e.